The summed E-state index contributed by atoms with van der Waals surface area (Å²) in [5.74, 6) is 0.553. The third kappa shape index (κ3) is 1.37. The van der Waals surface area contributed by atoms with Gasteiger partial charge in [0.25, 0.3) is 0 Å². The molecule has 0 atom stereocenters. The van der Waals surface area contributed by atoms with Crippen molar-refractivity contribution in [1.29, 1.82) is 0 Å². The predicted octanol–water partition coefficient (Wildman–Crippen LogP) is 1.76. The molecule has 13 heavy (non-hydrogen) atoms. The maximum atomic E-state index is 11.1. The second-order valence-electron chi connectivity index (χ2n) is 2.83. The molecule has 3 heteroatoms. The zero-order chi connectivity index (χ0) is 9.26. The molecule has 0 N–H and O–H groups in total. The maximum absolute atomic E-state index is 11.1. The van der Waals surface area contributed by atoms with Gasteiger partial charge in [-0.05, 0) is 25.1 Å². The standard InChI is InChI=1S/C10H10O3/c1-2-12-8-3-4-9-7(5-8)6-13-10(9)11/h3-5H,2,6H2,1H3. The van der Waals surface area contributed by atoms with Gasteiger partial charge >= 0.3 is 5.97 Å². The molecule has 0 amide bonds. The average Bonchev–Trinajstić information content (AvgIpc) is 2.48. The number of hydrogen-bond acceptors (Lipinski definition) is 3. The molecule has 1 aliphatic rings. The monoisotopic (exact) mass is 178 g/mol. The van der Waals surface area contributed by atoms with E-state index in [1.54, 1.807) is 12.1 Å². The molecule has 0 aromatic heterocycles. The SMILES string of the molecule is CCOc1ccc2c(c1)COC2=O. The largest absolute Gasteiger partial charge is 0.494 e. The van der Waals surface area contributed by atoms with Crippen LogP contribution in [0.5, 0.6) is 5.75 Å². The molecule has 0 saturated carbocycles. The third-order valence-electron chi connectivity index (χ3n) is 1.97. The van der Waals surface area contributed by atoms with Gasteiger partial charge in [-0.3, -0.25) is 0 Å². The first-order chi connectivity index (χ1) is 6.31. The minimum absolute atomic E-state index is 0.238. The zero-order valence-corrected chi connectivity index (χ0v) is 7.37. The van der Waals surface area contributed by atoms with Gasteiger partial charge in [0, 0.05) is 5.56 Å². The molecule has 0 saturated heterocycles. The topological polar surface area (TPSA) is 35.5 Å². The van der Waals surface area contributed by atoms with Gasteiger partial charge in [-0.15, -0.1) is 0 Å². The molecule has 0 radical (unpaired) electrons. The van der Waals surface area contributed by atoms with Crippen molar-refractivity contribution < 1.29 is 14.3 Å². The van der Waals surface area contributed by atoms with Crippen molar-refractivity contribution in [2.45, 2.75) is 13.5 Å². The number of fused-ring (bicyclic) bond motifs is 1. The Morgan fingerprint density at radius 3 is 3.15 bits per heavy atom. The Kier molecular flexibility index (Phi) is 1.93. The fraction of sp³-hybridized carbons (Fsp3) is 0.300. The van der Waals surface area contributed by atoms with E-state index < -0.39 is 0 Å². The first-order valence-corrected chi connectivity index (χ1v) is 4.24. The van der Waals surface area contributed by atoms with E-state index in [2.05, 4.69) is 0 Å². The summed E-state index contributed by atoms with van der Waals surface area (Å²) in [6.07, 6.45) is 0. The van der Waals surface area contributed by atoms with E-state index in [-0.39, 0.29) is 5.97 Å². The molecule has 1 aliphatic heterocycles. The normalized spacial score (nSPS) is 13.8. The van der Waals surface area contributed by atoms with Crippen molar-refractivity contribution in [3.8, 4) is 5.75 Å². The van der Waals surface area contributed by atoms with Crippen LogP contribution < -0.4 is 4.74 Å². The van der Waals surface area contributed by atoms with Crippen LogP contribution in [0, 0.1) is 0 Å². The Morgan fingerprint density at radius 2 is 2.38 bits per heavy atom. The van der Waals surface area contributed by atoms with Crippen LogP contribution in [0.3, 0.4) is 0 Å². The van der Waals surface area contributed by atoms with E-state index in [9.17, 15) is 4.79 Å². The molecule has 1 aromatic carbocycles. The second-order valence-corrected chi connectivity index (χ2v) is 2.83. The minimum Gasteiger partial charge on any atom is -0.494 e. The van der Waals surface area contributed by atoms with Crippen molar-refractivity contribution in [3.63, 3.8) is 0 Å². The summed E-state index contributed by atoms with van der Waals surface area (Å²) in [4.78, 5) is 11.1. The highest BCUT2D eigenvalue weighted by Gasteiger charge is 2.20. The summed E-state index contributed by atoms with van der Waals surface area (Å²) >= 11 is 0. The van der Waals surface area contributed by atoms with Gasteiger partial charge in [0.1, 0.15) is 12.4 Å². The Labute approximate surface area is 76.3 Å². The molecule has 0 unspecified atom stereocenters. The molecule has 1 aromatic rings. The van der Waals surface area contributed by atoms with E-state index in [0.29, 0.717) is 18.8 Å². The van der Waals surface area contributed by atoms with E-state index in [1.165, 1.54) is 0 Å². The van der Waals surface area contributed by atoms with Crippen molar-refractivity contribution in [2.24, 2.45) is 0 Å². The first kappa shape index (κ1) is 8.10. The molecule has 68 valence electrons. The number of carbonyl (C=O) groups is 1. The number of carbonyl (C=O) groups excluding carboxylic acids is 1. The highest BCUT2D eigenvalue weighted by molar-refractivity contribution is 5.93. The fourth-order valence-electron chi connectivity index (χ4n) is 1.37. The van der Waals surface area contributed by atoms with Crippen LogP contribution in [0.15, 0.2) is 18.2 Å². The Morgan fingerprint density at radius 1 is 1.54 bits per heavy atom. The smallest absolute Gasteiger partial charge is 0.338 e. The van der Waals surface area contributed by atoms with Crippen molar-refractivity contribution in [1.82, 2.24) is 0 Å². The molecule has 0 bridgehead atoms. The number of benzene rings is 1. The van der Waals surface area contributed by atoms with Crippen LogP contribution in [-0.4, -0.2) is 12.6 Å². The first-order valence-electron chi connectivity index (χ1n) is 4.24. The van der Waals surface area contributed by atoms with Gasteiger partial charge in [-0.2, -0.15) is 0 Å². The number of rotatable bonds is 2. The lowest BCUT2D eigenvalue weighted by Crippen LogP contribution is -1.95. The van der Waals surface area contributed by atoms with Gasteiger partial charge in [-0.25, -0.2) is 4.79 Å². The summed E-state index contributed by atoms with van der Waals surface area (Å²) in [6, 6.07) is 5.38. The third-order valence-corrected chi connectivity index (χ3v) is 1.97. The summed E-state index contributed by atoms with van der Waals surface area (Å²) in [5, 5.41) is 0. The molecule has 0 spiro atoms. The summed E-state index contributed by atoms with van der Waals surface area (Å²) in [7, 11) is 0. The van der Waals surface area contributed by atoms with Crippen LogP contribution in [0.1, 0.15) is 22.8 Å². The zero-order valence-electron chi connectivity index (χ0n) is 7.37. The molecular formula is C10H10O3. The van der Waals surface area contributed by atoms with Crippen LogP contribution >= 0.6 is 0 Å². The lowest BCUT2D eigenvalue weighted by atomic mass is 10.1. The van der Waals surface area contributed by atoms with Crippen molar-refractivity contribution in [3.05, 3.63) is 29.3 Å². The van der Waals surface area contributed by atoms with Gasteiger partial charge in [-0.1, -0.05) is 0 Å². The van der Waals surface area contributed by atoms with E-state index in [4.69, 9.17) is 9.47 Å². The Hall–Kier alpha value is -1.51. The van der Waals surface area contributed by atoms with E-state index in [1.807, 2.05) is 13.0 Å². The van der Waals surface area contributed by atoms with Gasteiger partial charge < -0.3 is 9.47 Å². The molecule has 2 rings (SSSR count). The van der Waals surface area contributed by atoms with E-state index >= 15 is 0 Å². The predicted molar refractivity (Wildman–Crippen MR) is 46.7 cm³/mol. The summed E-state index contributed by atoms with van der Waals surface area (Å²) in [6.45, 7) is 2.93. The molecule has 0 aliphatic carbocycles. The van der Waals surface area contributed by atoms with Gasteiger partial charge in [0.15, 0.2) is 0 Å². The van der Waals surface area contributed by atoms with Crippen LogP contribution in [0.2, 0.25) is 0 Å². The summed E-state index contributed by atoms with van der Waals surface area (Å²) in [5.41, 5.74) is 1.57. The van der Waals surface area contributed by atoms with Crippen LogP contribution in [0.4, 0.5) is 0 Å². The number of esters is 1. The average molecular weight is 178 g/mol. The highest BCUT2D eigenvalue weighted by Crippen LogP contribution is 2.24. The lowest BCUT2D eigenvalue weighted by molar-refractivity contribution is 0.0535. The Bertz CT molecular complexity index is 344. The number of ether oxygens (including phenoxy) is 2. The number of cyclic esters (lactones) is 1. The molecule has 0 fully saturated rings. The quantitative estimate of drug-likeness (QED) is 0.647. The minimum atomic E-state index is -0.238. The van der Waals surface area contributed by atoms with Gasteiger partial charge in [0.05, 0.1) is 12.2 Å². The van der Waals surface area contributed by atoms with Crippen LogP contribution in [-0.2, 0) is 11.3 Å². The highest BCUT2D eigenvalue weighted by atomic mass is 16.5. The van der Waals surface area contributed by atoms with Gasteiger partial charge in [0.2, 0.25) is 0 Å². The fourth-order valence-corrected chi connectivity index (χ4v) is 1.37. The number of hydrogen-bond donors (Lipinski definition) is 0. The maximum Gasteiger partial charge on any atom is 0.338 e. The van der Waals surface area contributed by atoms with Crippen molar-refractivity contribution in [2.75, 3.05) is 6.61 Å². The van der Waals surface area contributed by atoms with E-state index in [0.717, 1.165) is 11.3 Å². The summed E-state index contributed by atoms with van der Waals surface area (Å²) < 4.78 is 10.2. The Balaban J connectivity index is 2.34. The molecular weight excluding hydrogens is 168 g/mol. The van der Waals surface area contributed by atoms with Crippen LogP contribution in [0.25, 0.3) is 0 Å². The molecule has 1 heterocycles. The van der Waals surface area contributed by atoms with Crippen molar-refractivity contribution >= 4 is 5.97 Å². The molecule has 3 nitrogen and oxygen atoms in total. The second kappa shape index (κ2) is 3.09. The lowest BCUT2D eigenvalue weighted by Gasteiger charge is -2.02.